The average molecular weight is 323 g/mol. The summed E-state index contributed by atoms with van der Waals surface area (Å²) in [4.78, 5) is 4.07. The van der Waals surface area contributed by atoms with Gasteiger partial charge in [0, 0.05) is 22.3 Å². The van der Waals surface area contributed by atoms with Crippen molar-refractivity contribution in [3.63, 3.8) is 0 Å². The van der Waals surface area contributed by atoms with Crippen LogP contribution in [0.5, 0.6) is 5.75 Å². The highest BCUT2D eigenvalue weighted by Gasteiger charge is 2.21. The summed E-state index contributed by atoms with van der Waals surface area (Å²) in [5.41, 5.74) is 1.08. The molecule has 5 heteroatoms. The fraction of sp³-hybridized carbons (Fsp3) is 0.357. The standard InChI is InChI=1S/C14H15BrN2O2/c15-11-5-13(7-16-6-11)19-9-10-3-4-18-14(10)8-17-12-1-2-12/h3-7,12,17H,1-2,8-9H2. The second-order valence-corrected chi connectivity index (χ2v) is 5.57. The highest BCUT2D eigenvalue weighted by atomic mass is 79.9. The molecule has 4 nitrogen and oxygen atoms in total. The number of rotatable bonds is 6. The molecule has 0 spiro atoms. The molecule has 1 fully saturated rings. The third kappa shape index (κ3) is 3.58. The summed E-state index contributed by atoms with van der Waals surface area (Å²) in [5, 5.41) is 3.44. The number of hydrogen-bond donors (Lipinski definition) is 1. The molecular weight excluding hydrogens is 308 g/mol. The van der Waals surface area contributed by atoms with Crippen molar-refractivity contribution in [2.75, 3.05) is 0 Å². The van der Waals surface area contributed by atoms with E-state index in [2.05, 4.69) is 26.2 Å². The van der Waals surface area contributed by atoms with Crippen molar-refractivity contribution >= 4 is 15.9 Å². The minimum atomic E-state index is 0.496. The van der Waals surface area contributed by atoms with E-state index in [0.29, 0.717) is 12.6 Å². The molecule has 1 saturated carbocycles. The second-order valence-electron chi connectivity index (χ2n) is 4.65. The zero-order chi connectivity index (χ0) is 13.1. The fourth-order valence-corrected chi connectivity index (χ4v) is 2.15. The van der Waals surface area contributed by atoms with E-state index in [1.165, 1.54) is 12.8 Å². The first-order chi connectivity index (χ1) is 9.31. The van der Waals surface area contributed by atoms with Crippen molar-refractivity contribution in [3.8, 4) is 5.75 Å². The van der Waals surface area contributed by atoms with Crippen LogP contribution < -0.4 is 10.1 Å². The molecule has 100 valence electrons. The molecule has 1 aliphatic rings. The van der Waals surface area contributed by atoms with Crippen LogP contribution in [-0.4, -0.2) is 11.0 Å². The molecule has 0 atom stereocenters. The van der Waals surface area contributed by atoms with E-state index in [1.54, 1.807) is 18.7 Å². The Kier molecular flexibility index (Phi) is 3.84. The molecule has 2 aromatic rings. The molecule has 19 heavy (non-hydrogen) atoms. The molecule has 2 aromatic heterocycles. The van der Waals surface area contributed by atoms with Crippen LogP contribution in [-0.2, 0) is 13.2 Å². The van der Waals surface area contributed by atoms with Gasteiger partial charge in [-0.3, -0.25) is 4.98 Å². The van der Waals surface area contributed by atoms with E-state index in [1.807, 2.05) is 12.1 Å². The molecule has 0 aromatic carbocycles. The van der Waals surface area contributed by atoms with E-state index in [4.69, 9.17) is 9.15 Å². The van der Waals surface area contributed by atoms with Crippen LogP contribution in [0.25, 0.3) is 0 Å². The minimum absolute atomic E-state index is 0.496. The minimum Gasteiger partial charge on any atom is -0.487 e. The van der Waals surface area contributed by atoms with E-state index in [-0.39, 0.29) is 0 Å². The molecule has 0 aliphatic heterocycles. The molecule has 1 N–H and O–H groups in total. The summed E-state index contributed by atoms with van der Waals surface area (Å²) in [5.74, 6) is 1.70. The summed E-state index contributed by atoms with van der Waals surface area (Å²) in [6, 6.07) is 4.53. The summed E-state index contributed by atoms with van der Waals surface area (Å²) in [6.07, 6.45) is 7.69. The van der Waals surface area contributed by atoms with Crippen molar-refractivity contribution in [2.24, 2.45) is 0 Å². The summed E-state index contributed by atoms with van der Waals surface area (Å²) in [6.45, 7) is 1.27. The largest absolute Gasteiger partial charge is 0.487 e. The number of nitrogens with one attached hydrogen (secondary N) is 1. The third-order valence-corrected chi connectivity index (χ3v) is 3.47. The molecule has 0 radical (unpaired) electrons. The topological polar surface area (TPSA) is 47.3 Å². The predicted octanol–water partition coefficient (Wildman–Crippen LogP) is 3.27. The lowest BCUT2D eigenvalue weighted by molar-refractivity contribution is 0.300. The van der Waals surface area contributed by atoms with Gasteiger partial charge in [0.15, 0.2) is 0 Å². The molecule has 2 heterocycles. The van der Waals surface area contributed by atoms with Crippen molar-refractivity contribution in [3.05, 3.63) is 46.6 Å². The Morgan fingerprint density at radius 3 is 3.11 bits per heavy atom. The molecule has 0 saturated heterocycles. The van der Waals surface area contributed by atoms with Crippen LogP contribution in [0.15, 0.2) is 39.7 Å². The lowest BCUT2D eigenvalue weighted by Crippen LogP contribution is -2.16. The van der Waals surface area contributed by atoms with Gasteiger partial charge in [-0.25, -0.2) is 0 Å². The SMILES string of the molecule is Brc1cncc(OCc2ccoc2CNC2CC2)c1. The van der Waals surface area contributed by atoms with Crippen molar-refractivity contribution in [1.82, 2.24) is 10.3 Å². The molecule has 0 unspecified atom stereocenters. The maximum absolute atomic E-state index is 5.71. The number of nitrogens with zero attached hydrogens (tertiary/aromatic N) is 1. The smallest absolute Gasteiger partial charge is 0.139 e. The van der Waals surface area contributed by atoms with Gasteiger partial charge in [0.05, 0.1) is 19.0 Å². The highest BCUT2D eigenvalue weighted by molar-refractivity contribution is 9.10. The zero-order valence-corrected chi connectivity index (χ0v) is 12.0. The van der Waals surface area contributed by atoms with Crippen molar-refractivity contribution in [1.29, 1.82) is 0 Å². The zero-order valence-electron chi connectivity index (χ0n) is 10.4. The first-order valence-corrected chi connectivity index (χ1v) is 7.12. The number of aromatic nitrogens is 1. The second kappa shape index (κ2) is 5.75. The number of pyridine rings is 1. The van der Waals surface area contributed by atoms with Crippen LogP contribution in [0.2, 0.25) is 0 Å². The molecule has 0 amide bonds. The first kappa shape index (κ1) is 12.7. The Labute approximate surface area is 120 Å². The van der Waals surface area contributed by atoms with Gasteiger partial charge in [-0.05, 0) is 40.9 Å². The molecule has 3 rings (SSSR count). The Morgan fingerprint density at radius 2 is 2.32 bits per heavy atom. The van der Waals surface area contributed by atoms with Gasteiger partial charge in [0.2, 0.25) is 0 Å². The lowest BCUT2D eigenvalue weighted by Gasteiger charge is -2.07. The van der Waals surface area contributed by atoms with Gasteiger partial charge >= 0.3 is 0 Å². The molecule has 1 aliphatic carbocycles. The highest BCUT2D eigenvalue weighted by Crippen LogP contribution is 2.21. The van der Waals surface area contributed by atoms with Crippen LogP contribution in [0.4, 0.5) is 0 Å². The van der Waals surface area contributed by atoms with Gasteiger partial charge in [0.1, 0.15) is 18.1 Å². The van der Waals surface area contributed by atoms with Crippen LogP contribution in [0.3, 0.4) is 0 Å². The lowest BCUT2D eigenvalue weighted by atomic mass is 10.2. The van der Waals surface area contributed by atoms with E-state index in [0.717, 1.165) is 28.1 Å². The third-order valence-electron chi connectivity index (χ3n) is 3.04. The van der Waals surface area contributed by atoms with Crippen molar-refractivity contribution in [2.45, 2.75) is 32.0 Å². The van der Waals surface area contributed by atoms with Crippen LogP contribution >= 0.6 is 15.9 Å². The Balaban J connectivity index is 1.58. The Bertz CT molecular complexity index is 552. The van der Waals surface area contributed by atoms with E-state index in [9.17, 15) is 0 Å². The first-order valence-electron chi connectivity index (χ1n) is 6.33. The van der Waals surface area contributed by atoms with Gasteiger partial charge in [-0.15, -0.1) is 0 Å². The van der Waals surface area contributed by atoms with Gasteiger partial charge in [-0.1, -0.05) is 0 Å². The quantitative estimate of drug-likeness (QED) is 0.886. The van der Waals surface area contributed by atoms with E-state index >= 15 is 0 Å². The molecule has 0 bridgehead atoms. The average Bonchev–Trinajstić information content (AvgIpc) is 3.13. The van der Waals surface area contributed by atoms with Crippen molar-refractivity contribution < 1.29 is 9.15 Å². The predicted molar refractivity (Wildman–Crippen MR) is 74.8 cm³/mol. The number of halogens is 1. The summed E-state index contributed by atoms with van der Waals surface area (Å²) < 4.78 is 12.1. The number of ether oxygens (including phenoxy) is 1. The fourth-order valence-electron chi connectivity index (χ4n) is 1.81. The van der Waals surface area contributed by atoms with Gasteiger partial charge in [-0.2, -0.15) is 0 Å². The molecular formula is C14H15BrN2O2. The van der Waals surface area contributed by atoms with Crippen LogP contribution in [0.1, 0.15) is 24.2 Å². The normalized spacial score (nSPS) is 14.6. The Hall–Kier alpha value is -1.33. The maximum Gasteiger partial charge on any atom is 0.139 e. The monoisotopic (exact) mass is 322 g/mol. The maximum atomic E-state index is 5.71. The van der Waals surface area contributed by atoms with E-state index < -0.39 is 0 Å². The Morgan fingerprint density at radius 1 is 1.42 bits per heavy atom. The van der Waals surface area contributed by atoms with Crippen LogP contribution in [0, 0.1) is 0 Å². The number of furan rings is 1. The summed E-state index contributed by atoms with van der Waals surface area (Å²) in [7, 11) is 0. The summed E-state index contributed by atoms with van der Waals surface area (Å²) >= 11 is 3.37. The number of hydrogen-bond acceptors (Lipinski definition) is 4. The van der Waals surface area contributed by atoms with Gasteiger partial charge < -0.3 is 14.5 Å². The van der Waals surface area contributed by atoms with Gasteiger partial charge in [0.25, 0.3) is 0 Å².